The van der Waals surface area contributed by atoms with Gasteiger partial charge < -0.3 is 5.32 Å². The van der Waals surface area contributed by atoms with Gasteiger partial charge in [-0.3, -0.25) is 0 Å². The summed E-state index contributed by atoms with van der Waals surface area (Å²) in [4.78, 5) is 0. The lowest BCUT2D eigenvalue weighted by atomic mass is 10.1. The molecule has 2 aromatic carbocycles. The summed E-state index contributed by atoms with van der Waals surface area (Å²) in [5.41, 5.74) is 2.67. The molecule has 0 aromatic heterocycles. The second-order valence-electron chi connectivity index (χ2n) is 4.73. The standard InChI is InChI=1S/C16H17F2N/c1-11-6-8-13(9-7-11)12(2)19-10-14-4-3-5-15(17)16(14)18/h3-9,12,19H,10H2,1-2H3/t12-/m1/s1. The van der Waals surface area contributed by atoms with Crippen LogP contribution < -0.4 is 5.32 Å². The first-order chi connectivity index (χ1) is 9.08. The molecular weight excluding hydrogens is 244 g/mol. The normalized spacial score (nSPS) is 12.4. The zero-order valence-electron chi connectivity index (χ0n) is 11.1. The SMILES string of the molecule is Cc1ccc([C@@H](C)NCc2cccc(F)c2F)cc1. The summed E-state index contributed by atoms with van der Waals surface area (Å²) in [6.07, 6.45) is 0. The lowest BCUT2D eigenvalue weighted by Gasteiger charge is -2.15. The van der Waals surface area contributed by atoms with Crippen molar-refractivity contribution < 1.29 is 8.78 Å². The third kappa shape index (κ3) is 3.38. The molecule has 0 aliphatic heterocycles. The van der Waals surface area contributed by atoms with Gasteiger partial charge in [-0.05, 0) is 25.5 Å². The summed E-state index contributed by atoms with van der Waals surface area (Å²) in [7, 11) is 0. The molecule has 0 bridgehead atoms. The highest BCUT2D eigenvalue weighted by molar-refractivity contribution is 5.24. The summed E-state index contributed by atoms with van der Waals surface area (Å²) < 4.78 is 26.6. The van der Waals surface area contributed by atoms with E-state index in [1.807, 2.05) is 38.1 Å². The smallest absolute Gasteiger partial charge is 0.163 e. The Morgan fingerprint density at radius 1 is 1.05 bits per heavy atom. The van der Waals surface area contributed by atoms with Crippen LogP contribution >= 0.6 is 0 Å². The van der Waals surface area contributed by atoms with Gasteiger partial charge in [0.1, 0.15) is 0 Å². The van der Waals surface area contributed by atoms with Crippen LogP contribution in [0.1, 0.15) is 29.7 Å². The van der Waals surface area contributed by atoms with Crippen molar-refractivity contribution in [1.82, 2.24) is 5.32 Å². The molecule has 1 N–H and O–H groups in total. The Bertz CT molecular complexity index is 549. The molecule has 100 valence electrons. The van der Waals surface area contributed by atoms with Gasteiger partial charge in [0.15, 0.2) is 11.6 Å². The van der Waals surface area contributed by atoms with E-state index in [0.717, 1.165) is 11.6 Å². The first-order valence-electron chi connectivity index (χ1n) is 6.31. The lowest BCUT2D eigenvalue weighted by molar-refractivity contribution is 0.484. The van der Waals surface area contributed by atoms with Gasteiger partial charge in [0.25, 0.3) is 0 Å². The maximum absolute atomic E-state index is 13.5. The summed E-state index contributed by atoms with van der Waals surface area (Å²) in [5, 5.41) is 3.20. The van der Waals surface area contributed by atoms with Crippen molar-refractivity contribution in [3.8, 4) is 0 Å². The van der Waals surface area contributed by atoms with Gasteiger partial charge in [-0.2, -0.15) is 0 Å². The first kappa shape index (κ1) is 13.7. The third-order valence-corrected chi connectivity index (χ3v) is 3.21. The molecule has 0 amide bonds. The number of halogens is 2. The summed E-state index contributed by atoms with van der Waals surface area (Å²) in [6.45, 7) is 4.34. The molecule has 0 saturated heterocycles. The molecular formula is C16H17F2N. The summed E-state index contributed by atoms with van der Waals surface area (Å²) >= 11 is 0. The highest BCUT2D eigenvalue weighted by atomic mass is 19.2. The second-order valence-corrected chi connectivity index (χ2v) is 4.73. The molecule has 1 atom stereocenters. The number of benzene rings is 2. The van der Waals surface area contributed by atoms with Crippen LogP contribution in [-0.2, 0) is 6.54 Å². The monoisotopic (exact) mass is 261 g/mol. The van der Waals surface area contributed by atoms with E-state index in [1.54, 1.807) is 6.07 Å². The minimum Gasteiger partial charge on any atom is -0.306 e. The van der Waals surface area contributed by atoms with Crippen LogP contribution in [0.4, 0.5) is 8.78 Å². The van der Waals surface area contributed by atoms with E-state index in [1.165, 1.54) is 11.6 Å². The molecule has 0 unspecified atom stereocenters. The highest BCUT2D eigenvalue weighted by Gasteiger charge is 2.09. The quantitative estimate of drug-likeness (QED) is 0.872. The first-order valence-corrected chi connectivity index (χ1v) is 6.31. The van der Waals surface area contributed by atoms with Gasteiger partial charge in [-0.15, -0.1) is 0 Å². The van der Waals surface area contributed by atoms with E-state index in [9.17, 15) is 8.78 Å². The largest absolute Gasteiger partial charge is 0.306 e. The van der Waals surface area contributed by atoms with E-state index in [4.69, 9.17) is 0 Å². The molecule has 0 radical (unpaired) electrons. The van der Waals surface area contributed by atoms with Crippen LogP contribution in [0.2, 0.25) is 0 Å². The maximum atomic E-state index is 13.5. The minimum absolute atomic E-state index is 0.0864. The van der Waals surface area contributed by atoms with Crippen molar-refractivity contribution in [2.24, 2.45) is 0 Å². The Morgan fingerprint density at radius 3 is 2.42 bits per heavy atom. The van der Waals surface area contributed by atoms with Crippen LogP contribution in [-0.4, -0.2) is 0 Å². The maximum Gasteiger partial charge on any atom is 0.163 e. The highest BCUT2D eigenvalue weighted by Crippen LogP contribution is 2.16. The van der Waals surface area contributed by atoms with Crippen LogP contribution in [0, 0.1) is 18.6 Å². The summed E-state index contributed by atoms with van der Waals surface area (Å²) in [6, 6.07) is 12.5. The zero-order valence-corrected chi connectivity index (χ0v) is 11.1. The molecule has 2 rings (SSSR count). The van der Waals surface area contributed by atoms with Gasteiger partial charge >= 0.3 is 0 Å². The molecule has 2 aromatic rings. The molecule has 1 nitrogen and oxygen atoms in total. The fourth-order valence-electron chi connectivity index (χ4n) is 1.92. The number of nitrogens with one attached hydrogen (secondary N) is 1. The summed E-state index contributed by atoms with van der Waals surface area (Å²) in [5.74, 6) is -1.58. The Kier molecular flexibility index (Phi) is 4.27. The van der Waals surface area contributed by atoms with Crippen molar-refractivity contribution in [3.63, 3.8) is 0 Å². The van der Waals surface area contributed by atoms with E-state index in [0.29, 0.717) is 12.1 Å². The average molecular weight is 261 g/mol. The van der Waals surface area contributed by atoms with Gasteiger partial charge in [0.05, 0.1) is 0 Å². The van der Waals surface area contributed by atoms with Gasteiger partial charge in [-0.1, -0.05) is 42.0 Å². The second kappa shape index (κ2) is 5.93. The van der Waals surface area contributed by atoms with Crippen LogP contribution in [0.25, 0.3) is 0 Å². The molecule has 0 heterocycles. The lowest BCUT2D eigenvalue weighted by Crippen LogP contribution is -2.19. The Hall–Kier alpha value is -1.74. The van der Waals surface area contributed by atoms with Crippen LogP contribution in [0.5, 0.6) is 0 Å². The number of aryl methyl sites for hydroxylation is 1. The minimum atomic E-state index is -0.803. The average Bonchev–Trinajstić information content (AvgIpc) is 2.41. The van der Waals surface area contributed by atoms with Crippen LogP contribution in [0.15, 0.2) is 42.5 Å². The van der Waals surface area contributed by atoms with E-state index >= 15 is 0 Å². The van der Waals surface area contributed by atoms with Gasteiger partial charge in [0.2, 0.25) is 0 Å². The Labute approximate surface area is 112 Å². The van der Waals surface area contributed by atoms with E-state index in [2.05, 4.69) is 5.32 Å². The molecule has 3 heteroatoms. The van der Waals surface area contributed by atoms with E-state index < -0.39 is 11.6 Å². The molecule has 0 aliphatic rings. The van der Waals surface area contributed by atoms with Crippen molar-refractivity contribution in [1.29, 1.82) is 0 Å². The predicted octanol–water partition coefficient (Wildman–Crippen LogP) is 4.12. The van der Waals surface area contributed by atoms with Gasteiger partial charge in [-0.25, -0.2) is 8.78 Å². The molecule has 0 fully saturated rings. The Morgan fingerprint density at radius 2 is 1.74 bits per heavy atom. The Balaban J connectivity index is 2.02. The fourth-order valence-corrected chi connectivity index (χ4v) is 1.92. The zero-order chi connectivity index (χ0) is 13.8. The number of rotatable bonds is 4. The van der Waals surface area contributed by atoms with Crippen molar-refractivity contribution in [2.75, 3.05) is 0 Å². The van der Waals surface area contributed by atoms with Crippen molar-refractivity contribution >= 4 is 0 Å². The molecule has 0 saturated carbocycles. The van der Waals surface area contributed by atoms with Crippen molar-refractivity contribution in [3.05, 3.63) is 70.8 Å². The van der Waals surface area contributed by atoms with Crippen molar-refractivity contribution in [2.45, 2.75) is 26.4 Å². The van der Waals surface area contributed by atoms with Gasteiger partial charge in [0, 0.05) is 18.2 Å². The number of hydrogen-bond donors (Lipinski definition) is 1. The molecule has 0 aliphatic carbocycles. The predicted molar refractivity (Wildman–Crippen MR) is 72.8 cm³/mol. The van der Waals surface area contributed by atoms with E-state index in [-0.39, 0.29) is 6.04 Å². The number of hydrogen-bond acceptors (Lipinski definition) is 1. The topological polar surface area (TPSA) is 12.0 Å². The molecule has 0 spiro atoms. The fraction of sp³-hybridized carbons (Fsp3) is 0.250. The van der Waals surface area contributed by atoms with Crippen LogP contribution in [0.3, 0.4) is 0 Å². The molecule has 19 heavy (non-hydrogen) atoms. The third-order valence-electron chi connectivity index (χ3n) is 3.21.